The molecule has 2 nitrogen and oxygen atoms in total. The second-order valence-corrected chi connectivity index (χ2v) is 4.67. The molecule has 0 fully saturated rings. The molecule has 0 aliphatic carbocycles. The van der Waals surface area contributed by atoms with Gasteiger partial charge in [-0.15, -0.1) is 0 Å². The Balaban J connectivity index is 2.39. The first-order chi connectivity index (χ1) is 6.47. The lowest BCUT2D eigenvalue weighted by Crippen LogP contribution is -2.37. The van der Waals surface area contributed by atoms with Gasteiger partial charge in [0, 0.05) is 11.2 Å². The molecule has 0 aromatic heterocycles. The van der Waals surface area contributed by atoms with E-state index in [2.05, 4.69) is 32.2 Å². The number of nitrogens with two attached hydrogens (primary N) is 1. The third kappa shape index (κ3) is 4.28. The van der Waals surface area contributed by atoms with Crippen molar-refractivity contribution < 1.29 is 0 Å². The van der Waals surface area contributed by atoms with Gasteiger partial charge in [0.15, 0.2) is 0 Å². The van der Waals surface area contributed by atoms with Crippen molar-refractivity contribution in [3.8, 4) is 0 Å². The van der Waals surface area contributed by atoms with E-state index in [0.717, 1.165) is 18.7 Å². The average Bonchev–Trinajstić information content (AvgIpc) is 2.01. The third-order valence-electron chi connectivity index (χ3n) is 2.02. The Morgan fingerprint density at radius 2 is 2.00 bits per heavy atom. The molecule has 1 aromatic rings. The van der Waals surface area contributed by atoms with Gasteiger partial charge in [-0.3, -0.25) is 0 Å². The van der Waals surface area contributed by atoms with Crippen LogP contribution in [0, 0.1) is 0 Å². The third-order valence-corrected chi connectivity index (χ3v) is 2.02. The molecule has 0 bridgehead atoms. The van der Waals surface area contributed by atoms with E-state index in [-0.39, 0.29) is 5.54 Å². The van der Waals surface area contributed by atoms with Crippen LogP contribution in [0.25, 0.3) is 0 Å². The molecule has 0 radical (unpaired) electrons. The highest BCUT2D eigenvalue weighted by Gasteiger charge is 2.07. The van der Waals surface area contributed by atoms with E-state index in [0.29, 0.717) is 0 Å². The fourth-order valence-corrected chi connectivity index (χ4v) is 1.33. The van der Waals surface area contributed by atoms with Crippen molar-refractivity contribution >= 4 is 5.69 Å². The Bertz CT molecular complexity index is 287. The first-order valence-electron chi connectivity index (χ1n) is 5.07. The van der Waals surface area contributed by atoms with Gasteiger partial charge >= 0.3 is 0 Å². The summed E-state index contributed by atoms with van der Waals surface area (Å²) in [6, 6.07) is 8.06. The van der Waals surface area contributed by atoms with Crippen molar-refractivity contribution in [1.82, 2.24) is 5.32 Å². The molecule has 0 atom stereocenters. The summed E-state index contributed by atoms with van der Waals surface area (Å²) in [4.78, 5) is 0. The highest BCUT2D eigenvalue weighted by molar-refractivity contribution is 5.40. The Hall–Kier alpha value is -1.02. The summed E-state index contributed by atoms with van der Waals surface area (Å²) in [5, 5.41) is 3.45. The SMILES string of the molecule is CC(C)(C)NCCc1cccc(N)c1. The fourth-order valence-electron chi connectivity index (χ4n) is 1.33. The number of nitrogens with one attached hydrogen (secondary N) is 1. The summed E-state index contributed by atoms with van der Waals surface area (Å²) in [5.41, 5.74) is 8.03. The predicted molar refractivity (Wildman–Crippen MR) is 62.3 cm³/mol. The lowest BCUT2D eigenvalue weighted by atomic mass is 10.1. The van der Waals surface area contributed by atoms with Crippen LogP contribution in [-0.2, 0) is 6.42 Å². The van der Waals surface area contributed by atoms with Gasteiger partial charge < -0.3 is 11.1 Å². The predicted octanol–water partition coefficient (Wildman–Crippen LogP) is 2.20. The van der Waals surface area contributed by atoms with Crippen molar-refractivity contribution in [3.05, 3.63) is 29.8 Å². The zero-order valence-corrected chi connectivity index (χ0v) is 9.30. The molecule has 3 N–H and O–H groups in total. The molecule has 0 amide bonds. The van der Waals surface area contributed by atoms with Crippen LogP contribution in [0.1, 0.15) is 26.3 Å². The summed E-state index contributed by atoms with van der Waals surface area (Å²) in [6.07, 6.45) is 1.03. The van der Waals surface area contributed by atoms with Crippen LogP contribution in [0.5, 0.6) is 0 Å². The van der Waals surface area contributed by atoms with E-state index in [1.165, 1.54) is 5.56 Å². The number of hydrogen-bond acceptors (Lipinski definition) is 2. The van der Waals surface area contributed by atoms with E-state index in [1.807, 2.05) is 18.2 Å². The zero-order chi connectivity index (χ0) is 10.6. The van der Waals surface area contributed by atoms with Crippen LogP contribution >= 0.6 is 0 Å². The number of hydrogen-bond donors (Lipinski definition) is 2. The average molecular weight is 192 g/mol. The monoisotopic (exact) mass is 192 g/mol. The fraction of sp³-hybridized carbons (Fsp3) is 0.500. The molecule has 0 aliphatic heterocycles. The van der Waals surface area contributed by atoms with Gasteiger partial charge in [-0.05, 0) is 51.4 Å². The van der Waals surface area contributed by atoms with Crippen LogP contribution in [-0.4, -0.2) is 12.1 Å². The summed E-state index contributed by atoms with van der Waals surface area (Å²) >= 11 is 0. The highest BCUT2D eigenvalue weighted by Crippen LogP contribution is 2.07. The van der Waals surface area contributed by atoms with E-state index in [4.69, 9.17) is 5.73 Å². The van der Waals surface area contributed by atoms with Crippen LogP contribution < -0.4 is 11.1 Å². The molecule has 2 heteroatoms. The molecular formula is C12H20N2. The van der Waals surface area contributed by atoms with Gasteiger partial charge in [0.1, 0.15) is 0 Å². The second-order valence-electron chi connectivity index (χ2n) is 4.67. The first kappa shape index (κ1) is 11.1. The molecule has 1 rings (SSSR count). The smallest absolute Gasteiger partial charge is 0.0316 e. The quantitative estimate of drug-likeness (QED) is 0.720. The Kier molecular flexibility index (Phi) is 3.53. The van der Waals surface area contributed by atoms with E-state index in [1.54, 1.807) is 0 Å². The van der Waals surface area contributed by atoms with Crippen molar-refractivity contribution in [3.63, 3.8) is 0 Å². The lowest BCUT2D eigenvalue weighted by Gasteiger charge is -2.20. The number of benzene rings is 1. The number of anilines is 1. The standard InChI is InChI=1S/C12H20N2/c1-12(2,3)14-8-7-10-5-4-6-11(13)9-10/h4-6,9,14H,7-8,13H2,1-3H3. The largest absolute Gasteiger partial charge is 0.399 e. The maximum absolute atomic E-state index is 5.70. The summed E-state index contributed by atoms with van der Waals surface area (Å²) in [5.74, 6) is 0. The Morgan fingerprint density at radius 3 is 2.57 bits per heavy atom. The maximum Gasteiger partial charge on any atom is 0.0316 e. The van der Waals surface area contributed by atoms with Crippen LogP contribution in [0.15, 0.2) is 24.3 Å². The van der Waals surface area contributed by atoms with Gasteiger partial charge in [0.25, 0.3) is 0 Å². The van der Waals surface area contributed by atoms with Gasteiger partial charge in [0.05, 0.1) is 0 Å². The molecule has 1 aromatic carbocycles. The molecule has 0 aliphatic rings. The van der Waals surface area contributed by atoms with Gasteiger partial charge in [-0.1, -0.05) is 12.1 Å². The minimum Gasteiger partial charge on any atom is -0.399 e. The molecule has 0 spiro atoms. The molecule has 14 heavy (non-hydrogen) atoms. The lowest BCUT2D eigenvalue weighted by molar-refractivity contribution is 0.429. The topological polar surface area (TPSA) is 38.0 Å². The van der Waals surface area contributed by atoms with Crippen molar-refractivity contribution in [2.24, 2.45) is 0 Å². The van der Waals surface area contributed by atoms with E-state index < -0.39 is 0 Å². The zero-order valence-electron chi connectivity index (χ0n) is 9.30. The highest BCUT2D eigenvalue weighted by atomic mass is 14.9. The number of rotatable bonds is 3. The molecule has 78 valence electrons. The van der Waals surface area contributed by atoms with Crippen LogP contribution in [0.4, 0.5) is 5.69 Å². The molecule has 0 unspecified atom stereocenters. The minimum atomic E-state index is 0.195. The van der Waals surface area contributed by atoms with E-state index >= 15 is 0 Å². The van der Waals surface area contributed by atoms with Crippen LogP contribution in [0.3, 0.4) is 0 Å². The minimum absolute atomic E-state index is 0.195. The molecular weight excluding hydrogens is 172 g/mol. The van der Waals surface area contributed by atoms with Crippen LogP contribution in [0.2, 0.25) is 0 Å². The second kappa shape index (κ2) is 4.47. The molecule has 0 saturated heterocycles. The normalized spacial score (nSPS) is 11.6. The maximum atomic E-state index is 5.70. The van der Waals surface area contributed by atoms with Crippen molar-refractivity contribution in [1.29, 1.82) is 0 Å². The Labute approximate surface area is 86.5 Å². The van der Waals surface area contributed by atoms with Gasteiger partial charge in [0.2, 0.25) is 0 Å². The van der Waals surface area contributed by atoms with Gasteiger partial charge in [-0.2, -0.15) is 0 Å². The molecule has 0 heterocycles. The van der Waals surface area contributed by atoms with Crippen molar-refractivity contribution in [2.75, 3.05) is 12.3 Å². The molecule has 0 saturated carbocycles. The summed E-state index contributed by atoms with van der Waals surface area (Å²) in [7, 11) is 0. The van der Waals surface area contributed by atoms with Gasteiger partial charge in [-0.25, -0.2) is 0 Å². The summed E-state index contributed by atoms with van der Waals surface area (Å²) in [6.45, 7) is 7.51. The van der Waals surface area contributed by atoms with E-state index in [9.17, 15) is 0 Å². The summed E-state index contributed by atoms with van der Waals surface area (Å²) < 4.78 is 0. The number of nitrogen functional groups attached to an aromatic ring is 1. The first-order valence-corrected chi connectivity index (χ1v) is 5.07. The Morgan fingerprint density at radius 1 is 1.29 bits per heavy atom. The van der Waals surface area contributed by atoms with Crippen molar-refractivity contribution in [2.45, 2.75) is 32.7 Å².